The van der Waals surface area contributed by atoms with Gasteiger partial charge in [-0.25, -0.2) is 21.6 Å². The van der Waals surface area contributed by atoms with Gasteiger partial charge >= 0.3 is 6.03 Å². The number of benzene rings is 3. The molecule has 0 spiro atoms. The van der Waals surface area contributed by atoms with Crippen LogP contribution in [0.1, 0.15) is 38.2 Å². The number of para-hydroxylation sites is 2. The molecule has 3 aromatic rings. The Labute approximate surface area is 260 Å². The van der Waals surface area contributed by atoms with Crippen LogP contribution in [0, 0.1) is 0 Å². The summed E-state index contributed by atoms with van der Waals surface area (Å²) in [5, 5.41) is 2.93. The van der Waals surface area contributed by atoms with Crippen molar-refractivity contribution in [3.8, 4) is 11.5 Å². The Bertz CT molecular complexity index is 1610. The summed E-state index contributed by atoms with van der Waals surface area (Å²) in [6.07, 6.45) is 5.71. The largest absolute Gasteiger partial charge is 0.457 e. The van der Waals surface area contributed by atoms with Gasteiger partial charge in [0.15, 0.2) is 0 Å². The van der Waals surface area contributed by atoms with E-state index in [9.17, 15) is 21.6 Å². The molecule has 44 heavy (non-hydrogen) atoms. The number of urea groups is 1. The molecule has 0 saturated carbocycles. The van der Waals surface area contributed by atoms with Crippen LogP contribution in [0.5, 0.6) is 11.5 Å². The first-order valence-electron chi connectivity index (χ1n) is 14.6. The van der Waals surface area contributed by atoms with E-state index < -0.39 is 20.0 Å². The van der Waals surface area contributed by atoms with E-state index in [4.69, 9.17) is 4.74 Å². The number of hydrogen-bond donors (Lipinski definition) is 3. The van der Waals surface area contributed by atoms with Gasteiger partial charge in [-0.1, -0.05) is 37.6 Å². The van der Waals surface area contributed by atoms with Crippen LogP contribution >= 0.6 is 0 Å². The zero-order chi connectivity index (χ0) is 31.7. The summed E-state index contributed by atoms with van der Waals surface area (Å²) in [5.41, 5.74) is 2.39. The van der Waals surface area contributed by atoms with Gasteiger partial charge in [-0.05, 0) is 73.4 Å². The standard InChI is InChI=1S/C31H41N5O6S2/c1-4-5-20-36(31(37)32-29-8-6-7-9-30(29)34-44(3,40)41)26-18-21-35(22-19-26)23-24-10-14-27(15-11-24)42-28-16-12-25(13-17-28)33-43(2,38)39/h6-17,26,33-34H,4-5,18-23H2,1-3H3,(H,32,37). The van der Waals surface area contributed by atoms with E-state index in [-0.39, 0.29) is 12.1 Å². The second-order valence-corrected chi connectivity index (χ2v) is 14.5. The lowest BCUT2D eigenvalue weighted by molar-refractivity contribution is 0.122. The Hall–Kier alpha value is -3.81. The van der Waals surface area contributed by atoms with Crippen molar-refractivity contribution in [2.24, 2.45) is 0 Å². The monoisotopic (exact) mass is 643 g/mol. The van der Waals surface area contributed by atoms with Crippen molar-refractivity contribution in [2.45, 2.75) is 45.2 Å². The van der Waals surface area contributed by atoms with E-state index in [0.29, 0.717) is 35.1 Å². The molecule has 1 aliphatic rings. The van der Waals surface area contributed by atoms with Crippen molar-refractivity contribution in [1.29, 1.82) is 0 Å². The number of rotatable bonds is 13. The first-order valence-corrected chi connectivity index (χ1v) is 18.4. The number of carbonyl (C=O) groups is 1. The summed E-state index contributed by atoms with van der Waals surface area (Å²) >= 11 is 0. The lowest BCUT2D eigenvalue weighted by Gasteiger charge is -2.38. The number of nitrogens with one attached hydrogen (secondary N) is 3. The third-order valence-corrected chi connectivity index (χ3v) is 8.40. The van der Waals surface area contributed by atoms with Crippen molar-refractivity contribution in [1.82, 2.24) is 9.80 Å². The van der Waals surface area contributed by atoms with Crippen molar-refractivity contribution in [3.05, 3.63) is 78.4 Å². The maximum atomic E-state index is 13.4. The Morgan fingerprint density at radius 3 is 1.98 bits per heavy atom. The van der Waals surface area contributed by atoms with Crippen molar-refractivity contribution < 1.29 is 26.4 Å². The number of amides is 2. The summed E-state index contributed by atoms with van der Waals surface area (Å²) in [4.78, 5) is 17.7. The molecule has 1 saturated heterocycles. The molecule has 1 heterocycles. The number of unbranched alkanes of at least 4 members (excludes halogenated alkanes) is 1. The fourth-order valence-corrected chi connectivity index (χ4v) is 6.24. The predicted octanol–water partition coefficient (Wildman–Crippen LogP) is 5.52. The van der Waals surface area contributed by atoms with Gasteiger partial charge in [0.1, 0.15) is 11.5 Å². The van der Waals surface area contributed by atoms with Crippen LogP contribution in [0.3, 0.4) is 0 Å². The summed E-state index contributed by atoms with van der Waals surface area (Å²) in [5.74, 6) is 1.29. The van der Waals surface area contributed by atoms with E-state index >= 15 is 0 Å². The molecule has 0 atom stereocenters. The van der Waals surface area contributed by atoms with Crippen molar-refractivity contribution >= 4 is 43.1 Å². The van der Waals surface area contributed by atoms with E-state index in [0.717, 1.165) is 63.4 Å². The highest BCUT2D eigenvalue weighted by molar-refractivity contribution is 7.92. The summed E-state index contributed by atoms with van der Waals surface area (Å²) in [6.45, 7) is 5.20. The molecule has 0 unspecified atom stereocenters. The summed E-state index contributed by atoms with van der Waals surface area (Å²) < 4.78 is 57.2. The quantitative estimate of drug-likeness (QED) is 0.223. The molecule has 0 radical (unpaired) electrons. The van der Waals surface area contributed by atoms with Gasteiger partial charge in [-0.3, -0.25) is 14.3 Å². The predicted molar refractivity (Wildman–Crippen MR) is 175 cm³/mol. The van der Waals surface area contributed by atoms with Gasteiger partial charge in [0, 0.05) is 37.9 Å². The third kappa shape index (κ3) is 10.4. The first-order chi connectivity index (χ1) is 20.9. The maximum absolute atomic E-state index is 13.4. The normalized spacial score (nSPS) is 14.5. The number of ether oxygens (including phenoxy) is 1. The highest BCUT2D eigenvalue weighted by atomic mass is 32.2. The van der Waals surface area contributed by atoms with Crippen molar-refractivity contribution in [2.75, 3.05) is 46.9 Å². The minimum Gasteiger partial charge on any atom is -0.457 e. The highest BCUT2D eigenvalue weighted by Crippen LogP contribution is 2.26. The number of anilines is 3. The van der Waals surface area contributed by atoms with Crippen LogP contribution in [-0.4, -0.2) is 70.9 Å². The molecule has 3 N–H and O–H groups in total. The van der Waals surface area contributed by atoms with Crippen LogP contribution in [0.15, 0.2) is 72.8 Å². The molecule has 0 bridgehead atoms. The minimum atomic E-state index is -3.49. The second kappa shape index (κ2) is 14.8. The molecule has 2 amide bonds. The van der Waals surface area contributed by atoms with Gasteiger partial charge in [0.05, 0.1) is 23.9 Å². The highest BCUT2D eigenvalue weighted by Gasteiger charge is 2.28. The number of sulfonamides is 2. The summed E-state index contributed by atoms with van der Waals surface area (Å²) in [7, 11) is -6.83. The zero-order valence-electron chi connectivity index (χ0n) is 25.3. The second-order valence-electron chi connectivity index (χ2n) is 11.0. The molecule has 1 aliphatic heterocycles. The van der Waals surface area contributed by atoms with Crippen LogP contribution in [0.25, 0.3) is 0 Å². The first kappa shape index (κ1) is 33.1. The van der Waals surface area contributed by atoms with E-state index in [2.05, 4.69) is 26.6 Å². The molecule has 3 aromatic carbocycles. The van der Waals surface area contributed by atoms with Crippen LogP contribution in [0.2, 0.25) is 0 Å². The van der Waals surface area contributed by atoms with Crippen LogP contribution < -0.4 is 19.5 Å². The Kier molecular flexibility index (Phi) is 11.1. The molecule has 0 aliphatic carbocycles. The molecule has 0 aromatic heterocycles. The Morgan fingerprint density at radius 1 is 0.841 bits per heavy atom. The lowest BCUT2D eigenvalue weighted by atomic mass is 10.0. The van der Waals surface area contributed by atoms with Crippen LogP contribution in [-0.2, 0) is 26.6 Å². The van der Waals surface area contributed by atoms with E-state index in [1.165, 1.54) is 0 Å². The number of likely N-dealkylation sites (tertiary alicyclic amines) is 1. The number of piperidine rings is 1. The van der Waals surface area contributed by atoms with Gasteiger partial charge in [0.25, 0.3) is 0 Å². The lowest BCUT2D eigenvalue weighted by Crippen LogP contribution is -2.49. The minimum absolute atomic E-state index is 0.0858. The molecular formula is C31H41N5O6S2. The number of carbonyl (C=O) groups excluding carboxylic acids is 1. The van der Waals surface area contributed by atoms with Crippen LogP contribution in [0.4, 0.5) is 21.9 Å². The molecule has 1 fully saturated rings. The summed E-state index contributed by atoms with van der Waals surface area (Å²) in [6, 6.07) is 21.3. The smallest absolute Gasteiger partial charge is 0.322 e. The van der Waals surface area contributed by atoms with E-state index in [1.807, 2.05) is 29.2 Å². The molecule has 11 nitrogen and oxygen atoms in total. The number of hydrogen-bond acceptors (Lipinski definition) is 7. The molecule has 4 rings (SSSR count). The van der Waals surface area contributed by atoms with Gasteiger partial charge in [-0.2, -0.15) is 0 Å². The number of nitrogens with zero attached hydrogens (tertiary/aromatic N) is 2. The fraction of sp³-hybridized carbons (Fsp3) is 0.387. The average Bonchev–Trinajstić information content (AvgIpc) is 2.96. The van der Waals surface area contributed by atoms with Gasteiger partial charge in [0.2, 0.25) is 20.0 Å². The van der Waals surface area contributed by atoms with Gasteiger partial charge in [-0.15, -0.1) is 0 Å². The molecular weight excluding hydrogens is 603 g/mol. The topological polar surface area (TPSA) is 137 Å². The fourth-order valence-electron chi connectivity index (χ4n) is 5.10. The Balaban J connectivity index is 1.31. The SMILES string of the molecule is CCCCN(C(=O)Nc1ccccc1NS(C)(=O)=O)C1CCN(Cc2ccc(Oc3ccc(NS(C)(=O)=O)cc3)cc2)CC1. The Morgan fingerprint density at radius 2 is 1.41 bits per heavy atom. The average molecular weight is 644 g/mol. The molecule has 238 valence electrons. The van der Waals surface area contributed by atoms with Crippen molar-refractivity contribution in [3.63, 3.8) is 0 Å². The third-order valence-electron chi connectivity index (χ3n) is 7.20. The van der Waals surface area contributed by atoms with Gasteiger partial charge < -0.3 is 15.0 Å². The zero-order valence-corrected chi connectivity index (χ0v) is 27.0. The molecule has 13 heteroatoms. The van der Waals surface area contributed by atoms with E-state index in [1.54, 1.807) is 48.5 Å². The maximum Gasteiger partial charge on any atom is 0.322 e.